The van der Waals surface area contributed by atoms with Crippen LogP contribution in [0.5, 0.6) is 0 Å². The summed E-state index contributed by atoms with van der Waals surface area (Å²) in [5.74, 6) is -0.0895. The molecular weight excluding hydrogens is 320 g/mol. The summed E-state index contributed by atoms with van der Waals surface area (Å²) < 4.78 is 1.64. The lowest BCUT2D eigenvalue weighted by Crippen LogP contribution is -2.30. The fourth-order valence-corrected chi connectivity index (χ4v) is 4.13. The number of nitrogens with zero attached hydrogens (tertiary/aromatic N) is 4. The van der Waals surface area contributed by atoms with E-state index in [1.807, 2.05) is 11.8 Å². The largest absolute Gasteiger partial charge is 0.331 e. The van der Waals surface area contributed by atoms with E-state index in [2.05, 4.69) is 11.2 Å². The summed E-state index contributed by atoms with van der Waals surface area (Å²) >= 11 is 7.67. The third-order valence-corrected chi connectivity index (χ3v) is 5.37. The molecule has 0 radical (unpaired) electrons. The number of halogens is 1. The van der Waals surface area contributed by atoms with Crippen molar-refractivity contribution < 1.29 is 4.79 Å². The highest BCUT2D eigenvalue weighted by Crippen LogP contribution is 2.38. The van der Waals surface area contributed by atoms with Crippen molar-refractivity contribution in [3.05, 3.63) is 38.3 Å². The lowest BCUT2D eigenvalue weighted by Gasteiger charge is -2.24. The van der Waals surface area contributed by atoms with E-state index in [-0.39, 0.29) is 11.9 Å². The molecular formula is C15H15ClN4OS. The first kappa shape index (κ1) is 15.1. The molecule has 1 aliphatic rings. The molecule has 0 aliphatic carbocycles. The number of rotatable bonds is 2. The zero-order chi connectivity index (χ0) is 15.9. The summed E-state index contributed by atoms with van der Waals surface area (Å²) in [6.07, 6.45) is 1.79. The summed E-state index contributed by atoms with van der Waals surface area (Å²) in [4.78, 5) is 15.1. The van der Waals surface area contributed by atoms with Gasteiger partial charge in [-0.1, -0.05) is 11.6 Å². The number of nitriles is 1. The maximum Gasteiger partial charge on any atom is 0.265 e. The molecule has 2 aromatic heterocycles. The van der Waals surface area contributed by atoms with E-state index >= 15 is 0 Å². The molecule has 0 aromatic carbocycles. The van der Waals surface area contributed by atoms with Crippen molar-refractivity contribution in [2.75, 3.05) is 6.54 Å². The lowest BCUT2D eigenvalue weighted by molar-refractivity contribution is 0.0740. The van der Waals surface area contributed by atoms with Crippen molar-refractivity contribution in [2.45, 2.75) is 25.8 Å². The van der Waals surface area contributed by atoms with Crippen LogP contribution in [-0.4, -0.2) is 27.1 Å². The van der Waals surface area contributed by atoms with Gasteiger partial charge in [-0.05, 0) is 31.2 Å². The van der Waals surface area contributed by atoms with E-state index in [4.69, 9.17) is 16.9 Å². The molecule has 0 saturated carbocycles. The average molecular weight is 335 g/mol. The Morgan fingerprint density at radius 1 is 1.59 bits per heavy atom. The predicted molar refractivity (Wildman–Crippen MR) is 85.0 cm³/mol. The standard InChI is InChI=1S/C15H15ClN4OS/c1-9-12(14(16)19(2)18-9)11-4-3-6-20(11)15(21)13-10(8-17)5-7-22-13/h5,7,11H,3-4,6H2,1-2H3/t11-/m1/s1. The van der Waals surface area contributed by atoms with Crippen LogP contribution in [-0.2, 0) is 7.05 Å². The smallest absolute Gasteiger partial charge is 0.265 e. The van der Waals surface area contributed by atoms with E-state index in [0.29, 0.717) is 22.1 Å². The summed E-state index contributed by atoms with van der Waals surface area (Å²) in [5.41, 5.74) is 2.21. The number of aryl methyl sites for hydroxylation is 2. The Morgan fingerprint density at radius 3 is 3.00 bits per heavy atom. The molecule has 3 rings (SSSR count). The molecule has 1 amide bonds. The van der Waals surface area contributed by atoms with Gasteiger partial charge in [0.05, 0.1) is 17.3 Å². The summed E-state index contributed by atoms with van der Waals surface area (Å²) in [7, 11) is 1.80. The van der Waals surface area contributed by atoms with Crippen molar-refractivity contribution in [1.82, 2.24) is 14.7 Å². The van der Waals surface area contributed by atoms with E-state index in [0.717, 1.165) is 24.1 Å². The Bertz CT molecular complexity index is 773. The first-order valence-electron chi connectivity index (χ1n) is 7.02. The molecule has 0 bridgehead atoms. The second-order valence-electron chi connectivity index (χ2n) is 5.35. The molecule has 0 spiro atoms. The van der Waals surface area contributed by atoms with E-state index in [1.54, 1.807) is 23.2 Å². The van der Waals surface area contributed by atoms with E-state index < -0.39 is 0 Å². The van der Waals surface area contributed by atoms with Crippen LogP contribution in [0.1, 0.15) is 45.4 Å². The Hall–Kier alpha value is -1.84. The molecule has 114 valence electrons. The van der Waals surface area contributed by atoms with Crippen molar-refractivity contribution in [3.63, 3.8) is 0 Å². The van der Waals surface area contributed by atoms with Crippen LogP contribution in [0.25, 0.3) is 0 Å². The molecule has 5 nitrogen and oxygen atoms in total. The van der Waals surface area contributed by atoms with Gasteiger partial charge in [-0.2, -0.15) is 10.4 Å². The Labute approximate surface area is 137 Å². The van der Waals surface area contributed by atoms with Crippen LogP contribution in [0, 0.1) is 18.3 Å². The van der Waals surface area contributed by atoms with Gasteiger partial charge in [0.25, 0.3) is 5.91 Å². The van der Waals surface area contributed by atoms with Crippen LogP contribution in [0.15, 0.2) is 11.4 Å². The fraction of sp³-hybridized carbons (Fsp3) is 0.400. The minimum atomic E-state index is -0.0895. The van der Waals surface area contributed by atoms with Crippen molar-refractivity contribution in [3.8, 4) is 6.07 Å². The van der Waals surface area contributed by atoms with Crippen molar-refractivity contribution >= 4 is 28.8 Å². The number of hydrogen-bond acceptors (Lipinski definition) is 4. The molecule has 1 saturated heterocycles. The molecule has 1 atom stereocenters. The third-order valence-electron chi connectivity index (χ3n) is 4.02. The minimum absolute atomic E-state index is 0.0673. The number of thiophene rings is 1. The van der Waals surface area contributed by atoms with Crippen LogP contribution in [0.4, 0.5) is 0 Å². The maximum absolute atomic E-state index is 12.8. The molecule has 22 heavy (non-hydrogen) atoms. The average Bonchev–Trinajstić information content (AvgIpc) is 3.19. The zero-order valence-corrected chi connectivity index (χ0v) is 13.9. The summed E-state index contributed by atoms with van der Waals surface area (Å²) in [6, 6.07) is 3.70. The normalized spacial score (nSPS) is 17.7. The van der Waals surface area contributed by atoms with Crippen LogP contribution in [0.2, 0.25) is 5.15 Å². The molecule has 1 aliphatic heterocycles. The number of carbonyl (C=O) groups is 1. The number of amides is 1. The van der Waals surface area contributed by atoms with Crippen LogP contribution < -0.4 is 0 Å². The Kier molecular flexibility index (Phi) is 3.94. The van der Waals surface area contributed by atoms with Gasteiger partial charge in [-0.15, -0.1) is 11.3 Å². The quantitative estimate of drug-likeness (QED) is 0.846. The second-order valence-corrected chi connectivity index (χ2v) is 6.62. The van der Waals surface area contributed by atoms with Gasteiger partial charge in [0, 0.05) is 19.2 Å². The molecule has 0 N–H and O–H groups in total. The lowest BCUT2D eigenvalue weighted by atomic mass is 10.1. The number of carbonyl (C=O) groups excluding carboxylic acids is 1. The van der Waals surface area contributed by atoms with Crippen LogP contribution >= 0.6 is 22.9 Å². The van der Waals surface area contributed by atoms with Crippen molar-refractivity contribution in [1.29, 1.82) is 5.26 Å². The van der Waals surface area contributed by atoms with Gasteiger partial charge >= 0.3 is 0 Å². The highest BCUT2D eigenvalue weighted by Gasteiger charge is 2.35. The SMILES string of the molecule is Cc1nn(C)c(Cl)c1[C@H]1CCCN1C(=O)c1sccc1C#N. The molecule has 2 aromatic rings. The van der Waals surface area contributed by atoms with Gasteiger partial charge in [0.15, 0.2) is 0 Å². The fourth-order valence-electron chi connectivity index (χ4n) is 3.03. The first-order chi connectivity index (χ1) is 10.5. The summed E-state index contributed by atoms with van der Waals surface area (Å²) in [5, 5.41) is 15.8. The van der Waals surface area contributed by atoms with E-state index in [1.165, 1.54) is 11.3 Å². The Morgan fingerprint density at radius 2 is 2.36 bits per heavy atom. The highest BCUT2D eigenvalue weighted by atomic mass is 35.5. The van der Waals surface area contributed by atoms with Gasteiger partial charge in [-0.25, -0.2) is 0 Å². The Balaban J connectivity index is 1.97. The number of likely N-dealkylation sites (tertiary alicyclic amines) is 1. The number of hydrogen-bond donors (Lipinski definition) is 0. The monoisotopic (exact) mass is 334 g/mol. The first-order valence-corrected chi connectivity index (χ1v) is 8.28. The van der Waals surface area contributed by atoms with Gasteiger partial charge in [0.2, 0.25) is 0 Å². The molecule has 3 heterocycles. The third kappa shape index (κ3) is 2.31. The predicted octanol–water partition coefficient (Wildman–Crippen LogP) is 3.29. The topological polar surface area (TPSA) is 61.9 Å². The van der Waals surface area contributed by atoms with Crippen LogP contribution in [0.3, 0.4) is 0 Å². The summed E-state index contributed by atoms with van der Waals surface area (Å²) in [6.45, 7) is 2.59. The zero-order valence-electron chi connectivity index (χ0n) is 12.3. The van der Waals surface area contributed by atoms with E-state index in [9.17, 15) is 4.79 Å². The van der Waals surface area contributed by atoms with Gasteiger partial charge < -0.3 is 4.90 Å². The number of aromatic nitrogens is 2. The molecule has 7 heteroatoms. The molecule has 0 unspecified atom stereocenters. The highest BCUT2D eigenvalue weighted by molar-refractivity contribution is 7.12. The molecule has 1 fully saturated rings. The van der Waals surface area contributed by atoms with Gasteiger partial charge in [-0.3, -0.25) is 9.48 Å². The van der Waals surface area contributed by atoms with Crippen molar-refractivity contribution in [2.24, 2.45) is 7.05 Å². The van der Waals surface area contributed by atoms with Gasteiger partial charge in [0.1, 0.15) is 16.1 Å². The minimum Gasteiger partial charge on any atom is -0.331 e. The second kappa shape index (κ2) is 5.75. The maximum atomic E-state index is 12.8.